The van der Waals surface area contributed by atoms with E-state index in [1.807, 2.05) is 11.4 Å². The highest BCUT2D eigenvalue weighted by atomic mass is 28.4. The maximum Gasteiger partial charge on any atom is 0.211 e. The molecule has 0 radical (unpaired) electrons. The second kappa shape index (κ2) is 5.95. The predicted molar refractivity (Wildman–Crippen MR) is 76.5 cm³/mol. The second-order valence-corrected chi connectivity index (χ2v) is 13.0. The molecule has 0 aliphatic heterocycles. The minimum atomic E-state index is -1.72. The van der Waals surface area contributed by atoms with E-state index in [4.69, 9.17) is 8.85 Å². The highest BCUT2D eigenvalue weighted by Gasteiger charge is 2.28. The van der Waals surface area contributed by atoms with Gasteiger partial charge in [-0.3, -0.25) is 0 Å². The summed E-state index contributed by atoms with van der Waals surface area (Å²) in [4.78, 5) is 0. The molecular formula is C12H26O2Si2. The minimum absolute atomic E-state index is 0.103. The summed E-state index contributed by atoms with van der Waals surface area (Å²) in [6, 6.07) is 0. The van der Waals surface area contributed by atoms with Crippen molar-refractivity contribution >= 4 is 16.6 Å². The average molecular weight is 259 g/mol. The van der Waals surface area contributed by atoms with Crippen molar-refractivity contribution in [2.75, 3.05) is 0 Å². The number of rotatable bonds is 7. The lowest BCUT2D eigenvalue weighted by molar-refractivity contribution is 0.0700. The van der Waals surface area contributed by atoms with E-state index in [2.05, 4.69) is 53.2 Å². The third kappa shape index (κ3) is 5.79. The normalized spacial score (nSPS) is 16.6. The Bertz CT molecular complexity index is 223. The molecule has 94 valence electrons. The Hall–Kier alpha value is -0.166. The summed E-state index contributed by atoms with van der Waals surface area (Å²) < 4.78 is 12.0. The first kappa shape index (κ1) is 15.8. The van der Waals surface area contributed by atoms with Crippen LogP contribution in [0.15, 0.2) is 24.6 Å². The van der Waals surface area contributed by atoms with Gasteiger partial charge in [0.15, 0.2) is 0 Å². The fraction of sp³-hybridized carbons (Fsp3) is 0.667. The molecule has 0 saturated carbocycles. The fourth-order valence-corrected chi connectivity index (χ4v) is 3.74. The molecule has 2 unspecified atom stereocenters. The molecule has 0 aromatic heterocycles. The maximum atomic E-state index is 6.02. The Balaban J connectivity index is 4.35. The highest BCUT2D eigenvalue weighted by Crippen LogP contribution is 2.17. The Morgan fingerprint density at radius 2 is 1.06 bits per heavy atom. The van der Waals surface area contributed by atoms with E-state index in [0.717, 1.165) is 0 Å². The monoisotopic (exact) mass is 258 g/mol. The molecule has 0 fully saturated rings. The van der Waals surface area contributed by atoms with E-state index in [1.165, 1.54) is 0 Å². The van der Waals surface area contributed by atoms with Crippen molar-refractivity contribution < 1.29 is 8.85 Å². The summed E-state index contributed by atoms with van der Waals surface area (Å²) in [5.74, 6) is 0. The fourth-order valence-electron chi connectivity index (χ4n) is 1.25. The Morgan fingerprint density at radius 1 is 0.812 bits per heavy atom. The summed E-state index contributed by atoms with van der Waals surface area (Å²) >= 11 is 0. The van der Waals surface area contributed by atoms with Gasteiger partial charge in [0.2, 0.25) is 16.6 Å². The SMILES string of the molecule is C=C[Si](C)(C)OC(C)C(C)O[Si](C)(C)C=C. The maximum absolute atomic E-state index is 6.02. The van der Waals surface area contributed by atoms with Crippen molar-refractivity contribution in [2.45, 2.75) is 52.2 Å². The van der Waals surface area contributed by atoms with Crippen LogP contribution in [0.5, 0.6) is 0 Å². The Morgan fingerprint density at radius 3 is 1.25 bits per heavy atom. The molecule has 0 rings (SSSR count). The van der Waals surface area contributed by atoms with E-state index < -0.39 is 16.6 Å². The predicted octanol–water partition coefficient (Wildman–Crippen LogP) is 3.66. The molecule has 0 aliphatic rings. The molecule has 0 N–H and O–H groups in total. The zero-order valence-electron chi connectivity index (χ0n) is 11.5. The van der Waals surface area contributed by atoms with Gasteiger partial charge in [-0.05, 0) is 40.0 Å². The van der Waals surface area contributed by atoms with Crippen LogP contribution < -0.4 is 0 Å². The van der Waals surface area contributed by atoms with E-state index >= 15 is 0 Å². The molecule has 0 aromatic carbocycles. The third-order valence-electron chi connectivity index (χ3n) is 2.62. The molecule has 0 saturated heterocycles. The van der Waals surface area contributed by atoms with Crippen LogP contribution in [0.2, 0.25) is 26.2 Å². The molecule has 2 nitrogen and oxygen atoms in total. The summed E-state index contributed by atoms with van der Waals surface area (Å²) in [6.07, 6.45) is 0.206. The quantitative estimate of drug-likeness (QED) is 0.649. The first-order valence-corrected chi connectivity index (χ1v) is 11.7. The van der Waals surface area contributed by atoms with Crippen molar-refractivity contribution in [1.29, 1.82) is 0 Å². The van der Waals surface area contributed by atoms with Gasteiger partial charge in [0.1, 0.15) is 0 Å². The first-order valence-electron chi connectivity index (χ1n) is 5.76. The van der Waals surface area contributed by atoms with Gasteiger partial charge in [0.05, 0.1) is 12.2 Å². The molecular weight excluding hydrogens is 232 g/mol. The molecule has 0 spiro atoms. The zero-order valence-corrected chi connectivity index (χ0v) is 13.5. The van der Waals surface area contributed by atoms with Crippen LogP contribution in [0.4, 0.5) is 0 Å². The molecule has 2 atom stereocenters. The second-order valence-electron chi connectivity index (χ2n) is 5.26. The van der Waals surface area contributed by atoms with Crippen molar-refractivity contribution in [3.8, 4) is 0 Å². The van der Waals surface area contributed by atoms with E-state index in [-0.39, 0.29) is 12.2 Å². The minimum Gasteiger partial charge on any atom is -0.408 e. The summed E-state index contributed by atoms with van der Waals surface area (Å²) in [5, 5.41) is 0. The van der Waals surface area contributed by atoms with Gasteiger partial charge >= 0.3 is 0 Å². The van der Waals surface area contributed by atoms with Crippen molar-refractivity contribution in [3.63, 3.8) is 0 Å². The largest absolute Gasteiger partial charge is 0.408 e. The van der Waals surface area contributed by atoms with E-state index in [0.29, 0.717) is 0 Å². The molecule has 0 aromatic rings. The van der Waals surface area contributed by atoms with Crippen molar-refractivity contribution in [2.24, 2.45) is 0 Å². The van der Waals surface area contributed by atoms with Gasteiger partial charge in [-0.1, -0.05) is 11.4 Å². The Labute approximate surface area is 103 Å². The summed E-state index contributed by atoms with van der Waals surface area (Å²) in [5.41, 5.74) is 3.90. The van der Waals surface area contributed by atoms with Crippen LogP contribution in [0.3, 0.4) is 0 Å². The number of hydrogen-bond donors (Lipinski definition) is 0. The standard InChI is InChI=1S/C12H26O2Si2/c1-9-15(5,6)13-11(3)12(4)14-16(7,8)10-2/h9-12H,1-2H2,3-8H3. The van der Waals surface area contributed by atoms with Gasteiger partial charge in [0.25, 0.3) is 0 Å². The van der Waals surface area contributed by atoms with Crippen LogP contribution in [-0.2, 0) is 8.85 Å². The van der Waals surface area contributed by atoms with Crippen LogP contribution in [0, 0.1) is 0 Å². The van der Waals surface area contributed by atoms with Gasteiger partial charge in [-0.15, -0.1) is 13.2 Å². The summed E-state index contributed by atoms with van der Waals surface area (Å²) in [7, 11) is -3.43. The van der Waals surface area contributed by atoms with Gasteiger partial charge in [-0.25, -0.2) is 0 Å². The van der Waals surface area contributed by atoms with E-state index in [9.17, 15) is 0 Å². The van der Waals surface area contributed by atoms with Crippen molar-refractivity contribution in [1.82, 2.24) is 0 Å². The molecule has 0 heterocycles. The van der Waals surface area contributed by atoms with Crippen LogP contribution in [0.1, 0.15) is 13.8 Å². The lowest BCUT2D eigenvalue weighted by Gasteiger charge is -2.32. The highest BCUT2D eigenvalue weighted by molar-refractivity contribution is 6.76. The topological polar surface area (TPSA) is 18.5 Å². The molecule has 0 bridgehead atoms. The van der Waals surface area contributed by atoms with E-state index in [1.54, 1.807) is 0 Å². The molecule has 0 amide bonds. The lowest BCUT2D eigenvalue weighted by Crippen LogP contribution is -2.42. The molecule has 16 heavy (non-hydrogen) atoms. The van der Waals surface area contributed by atoms with Crippen molar-refractivity contribution in [3.05, 3.63) is 24.6 Å². The zero-order chi connectivity index (χ0) is 13.0. The molecule has 0 aliphatic carbocycles. The van der Waals surface area contributed by atoms with Crippen LogP contribution in [0.25, 0.3) is 0 Å². The van der Waals surface area contributed by atoms with Crippen LogP contribution in [-0.4, -0.2) is 28.8 Å². The first-order chi connectivity index (χ1) is 7.13. The average Bonchev–Trinajstić information content (AvgIpc) is 2.16. The van der Waals surface area contributed by atoms with Gasteiger partial charge in [-0.2, -0.15) is 0 Å². The molecule has 4 heteroatoms. The smallest absolute Gasteiger partial charge is 0.211 e. The van der Waals surface area contributed by atoms with Gasteiger partial charge in [0, 0.05) is 0 Å². The third-order valence-corrected chi connectivity index (χ3v) is 6.55. The Kier molecular flexibility index (Phi) is 5.89. The van der Waals surface area contributed by atoms with Gasteiger partial charge < -0.3 is 8.85 Å². The number of hydrogen-bond acceptors (Lipinski definition) is 2. The summed E-state index contributed by atoms with van der Waals surface area (Å²) in [6.45, 7) is 20.3. The van der Waals surface area contributed by atoms with Crippen LogP contribution >= 0.6 is 0 Å². The lowest BCUT2D eigenvalue weighted by atomic mass is 10.3.